The number of aliphatic imine (C=N–C) groups is 1. The Morgan fingerprint density at radius 1 is 1.33 bits per heavy atom. The molecular weight excluding hydrogens is 224 g/mol. The molecule has 2 heterocycles. The zero-order valence-electron chi connectivity index (χ0n) is 11.2. The largest absolute Gasteiger partial charge is 0.381 e. The van der Waals surface area contributed by atoms with Crippen molar-refractivity contribution in [1.82, 2.24) is 5.32 Å². The van der Waals surface area contributed by atoms with Crippen molar-refractivity contribution < 1.29 is 0 Å². The van der Waals surface area contributed by atoms with Crippen molar-refractivity contribution in [3.05, 3.63) is 23.3 Å². The predicted octanol–water partition coefficient (Wildman–Crippen LogP) is 2.28. The molecule has 0 radical (unpaired) electrons. The molecule has 0 amide bonds. The van der Waals surface area contributed by atoms with Crippen molar-refractivity contribution in [3.63, 3.8) is 0 Å². The number of rotatable bonds is 1. The van der Waals surface area contributed by atoms with Crippen LogP contribution in [0.25, 0.3) is 0 Å². The summed E-state index contributed by atoms with van der Waals surface area (Å²) in [6, 6.07) is 4.81. The molecule has 4 nitrogen and oxygen atoms in total. The number of anilines is 2. The Labute approximate surface area is 108 Å². The average Bonchev–Trinajstić information content (AvgIpc) is 2.94. The van der Waals surface area contributed by atoms with Crippen LogP contribution in [-0.2, 0) is 0 Å². The molecule has 1 aromatic carbocycles. The number of nitrogens with zero attached hydrogens (tertiary/aromatic N) is 1. The van der Waals surface area contributed by atoms with Gasteiger partial charge in [-0.05, 0) is 25.5 Å². The first-order chi connectivity index (χ1) is 8.66. The molecule has 2 aliphatic rings. The summed E-state index contributed by atoms with van der Waals surface area (Å²) in [5.41, 5.74) is 5.17. The summed E-state index contributed by atoms with van der Waals surface area (Å²) in [6.07, 6.45) is 0. The highest BCUT2D eigenvalue weighted by atomic mass is 15.2. The number of guanidine groups is 1. The van der Waals surface area contributed by atoms with Gasteiger partial charge >= 0.3 is 0 Å². The smallest absolute Gasteiger partial charge is 0.195 e. The first kappa shape index (κ1) is 11.4. The molecule has 1 aromatic rings. The summed E-state index contributed by atoms with van der Waals surface area (Å²) in [5.74, 6) is 1.41. The van der Waals surface area contributed by atoms with Gasteiger partial charge in [-0.2, -0.15) is 0 Å². The standard InChI is InChI=1S/C14H20N4/c1-8-4-5-11(18-14-15-6-7-16-14)12-9(2)10(3)17-13(8)12/h4-5,9-10,17H,6-7H2,1-3H3,(H2,15,16,18). The van der Waals surface area contributed by atoms with Crippen LogP contribution in [0, 0.1) is 6.92 Å². The van der Waals surface area contributed by atoms with Gasteiger partial charge in [0, 0.05) is 35.4 Å². The highest BCUT2D eigenvalue weighted by molar-refractivity contribution is 5.96. The fourth-order valence-electron chi connectivity index (χ4n) is 2.71. The molecule has 96 valence electrons. The zero-order valence-corrected chi connectivity index (χ0v) is 11.2. The topological polar surface area (TPSA) is 48.5 Å². The van der Waals surface area contributed by atoms with E-state index in [1.807, 2.05) is 0 Å². The molecule has 3 rings (SSSR count). The minimum Gasteiger partial charge on any atom is -0.381 e. The molecule has 2 atom stereocenters. The number of nitrogens with one attached hydrogen (secondary N) is 3. The third kappa shape index (κ3) is 1.72. The van der Waals surface area contributed by atoms with Gasteiger partial charge in [-0.1, -0.05) is 13.0 Å². The van der Waals surface area contributed by atoms with E-state index in [0.717, 1.165) is 19.0 Å². The Bertz CT molecular complexity index is 507. The lowest BCUT2D eigenvalue weighted by Crippen LogP contribution is -2.26. The van der Waals surface area contributed by atoms with Crippen LogP contribution in [-0.4, -0.2) is 25.1 Å². The van der Waals surface area contributed by atoms with Crippen molar-refractivity contribution in [3.8, 4) is 0 Å². The summed E-state index contributed by atoms with van der Waals surface area (Å²) in [5, 5.41) is 10.3. The quantitative estimate of drug-likeness (QED) is 0.710. The minimum absolute atomic E-state index is 0.486. The normalized spacial score (nSPS) is 25.2. The fraction of sp³-hybridized carbons (Fsp3) is 0.500. The third-order valence-electron chi connectivity index (χ3n) is 3.96. The van der Waals surface area contributed by atoms with Gasteiger partial charge < -0.3 is 16.0 Å². The first-order valence-corrected chi connectivity index (χ1v) is 6.62. The highest BCUT2D eigenvalue weighted by Crippen LogP contribution is 2.42. The number of benzene rings is 1. The number of fused-ring (bicyclic) bond motifs is 1. The van der Waals surface area contributed by atoms with E-state index >= 15 is 0 Å². The van der Waals surface area contributed by atoms with Gasteiger partial charge in [-0.3, -0.25) is 4.99 Å². The summed E-state index contributed by atoms with van der Waals surface area (Å²) in [4.78, 5) is 4.40. The summed E-state index contributed by atoms with van der Waals surface area (Å²) < 4.78 is 0. The number of hydrogen-bond donors (Lipinski definition) is 3. The Morgan fingerprint density at radius 3 is 2.89 bits per heavy atom. The van der Waals surface area contributed by atoms with E-state index in [0.29, 0.717) is 12.0 Å². The van der Waals surface area contributed by atoms with Crippen LogP contribution < -0.4 is 16.0 Å². The lowest BCUT2D eigenvalue weighted by Gasteiger charge is -2.15. The van der Waals surface area contributed by atoms with E-state index in [4.69, 9.17) is 0 Å². The van der Waals surface area contributed by atoms with Crippen LogP contribution in [0.4, 0.5) is 11.4 Å². The van der Waals surface area contributed by atoms with Crippen LogP contribution in [0.15, 0.2) is 17.1 Å². The van der Waals surface area contributed by atoms with Crippen LogP contribution in [0.3, 0.4) is 0 Å². The molecule has 2 aliphatic heterocycles. The summed E-state index contributed by atoms with van der Waals surface area (Å²) in [7, 11) is 0. The molecule has 0 saturated heterocycles. The van der Waals surface area contributed by atoms with Crippen molar-refractivity contribution in [1.29, 1.82) is 0 Å². The van der Waals surface area contributed by atoms with Crippen molar-refractivity contribution in [2.75, 3.05) is 23.7 Å². The maximum absolute atomic E-state index is 4.40. The van der Waals surface area contributed by atoms with Gasteiger partial charge in [-0.15, -0.1) is 0 Å². The van der Waals surface area contributed by atoms with E-state index in [1.165, 1.54) is 22.5 Å². The summed E-state index contributed by atoms with van der Waals surface area (Å²) >= 11 is 0. The monoisotopic (exact) mass is 244 g/mol. The maximum atomic E-state index is 4.40. The second kappa shape index (κ2) is 4.19. The van der Waals surface area contributed by atoms with Crippen molar-refractivity contribution >= 4 is 17.3 Å². The molecule has 3 N–H and O–H groups in total. The van der Waals surface area contributed by atoms with Gasteiger partial charge in [0.25, 0.3) is 0 Å². The Kier molecular flexibility index (Phi) is 2.65. The van der Waals surface area contributed by atoms with Crippen molar-refractivity contribution in [2.24, 2.45) is 4.99 Å². The Morgan fingerprint density at radius 2 is 2.17 bits per heavy atom. The molecule has 0 saturated carbocycles. The van der Waals surface area contributed by atoms with E-state index in [-0.39, 0.29) is 0 Å². The van der Waals surface area contributed by atoms with Crippen LogP contribution in [0.1, 0.15) is 30.9 Å². The predicted molar refractivity (Wildman–Crippen MR) is 76.6 cm³/mol. The molecule has 4 heteroatoms. The van der Waals surface area contributed by atoms with Crippen LogP contribution >= 0.6 is 0 Å². The maximum Gasteiger partial charge on any atom is 0.195 e. The molecule has 0 fully saturated rings. The summed E-state index contributed by atoms with van der Waals surface area (Å²) in [6.45, 7) is 8.46. The van der Waals surface area contributed by atoms with Gasteiger partial charge in [0.05, 0.1) is 6.54 Å². The lowest BCUT2D eigenvalue weighted by atomic mass is 9.95. The minimum atomic E-state index is 0.486. The average molecular weight is 244 g/mol. The van der Waals surface area contributed by atoms with E-state index in [9.17, 15) is 0 Å². The van der Waals surface area contributed by atoms with E-state index in [1.54, 1.807) is 0 Å². The number of hydrogen-bond acceptors (Lipinski definition) is 4. The molecule has 2 unspecified atom stereocenters. The SMILES string of the molecule is Cc1ccc(NC2=NCCN2)c2c1NC(C)C2C. The number of aryl methyl sites for hydroxylation is 1. The third-order valence-corrected chi connectivity index (χ3v) is 3.96. The molecule has 0 aromatic heterocycles. The molecule has 18 heavy (non-hydrogen) atoms. The second-order valence-corrected chi connectivity index (χ2v) is 5.22. The van der Waals surface area contributed by atoms with Gasteiger partial charge in [-0.25, -0.2) is 0 Å². The van der Waals surface area contributed by atoms with Gasteiger partial charge in [0.2, 0.25) is 0 Å². The molecular formula is C14H20N4. The van der Waals surface area contributed by atoms with Crippen LogP contribution in [0.2, 0.25) is 0 Å². The van der Waals surface area contributed by atoms with E-state index in [2.05, 4.69) is 53.8 Å². The molecule has 0 spiro atoms. The second-order valence-electron chi connectivity index (χ2n) is 5.22. The first-order valence-electron chi connectivity index (χ1n) is 6.62. The van der Waals surface area contributed by atoms with Crippen LogP contribution in [0.5, 0.6) is 0 Å². The van der Waals surface area contributed by atoms with Gasteiger partial charge in [0.15, 0.2) is 5.96 Å². The highest BCUT2D eigenvalue weighted by Gasteiger charge is 2.29. The Hall–Kier alpha value is -1.71. The van der Waals surface area contributed by atoms with E-state index < -0.39 is 0 Å². The molecule has 0 bridgehead atoms. The lowest BCUT2D eigenvalue weighted by molar-refractivity contribution is 0.691. The zero-order chi connectivity index (χ0) is 12.7. The molecule has 0 aliphatic carbocycles. The Balaban J connectivity index is 1.99. The van der Waals surface area contributed by atoms with Gasteiger partial charge in [0.1, 0.15) is 0 Å². The fourth-order valence-corrected chi connectivity index (χ4v) is 2.71. The van der Waals surface area contributed by atoms with Crippen molar-refractivity contribution in [2.45, 2.75) is 32.7 Å².